The Morgan fingerprint density at radius 3 is 2.60 bits per heavy atom. The van der Waals surface area contributed by atoms with Gasteiger partial charge in [-0.05, 0) is 35.6 Å². The first-order chi connectivity index (χ1) is 14.3. The molecule has 1 saturated heterocycles. The second kappa shape index (κ2) is 8.23. The van der Waals surface area contributed by atoms with Gasteiger partial charge < -0.3 is 14.3 Å². The van der Waals surface area contributed by atoms with Crippen LogP contribution in [-0.2, 0) is 16.4 Å². The molecule has 0 aliphatic carbocycles. The van der Waals surface area contributed by atoms with Crippen LogP contribution in [0.2, 0.25) is 0 Å². The molecule has 1 aliphatic heterocycles. The molecular formula is C21H23N3O4S2. The topological polar surface area (TPSA) is 83.7 Å². The summed E-state index contributed by atoms with van der Waals surface area (Å²) in [7, 11) is 0.785. The summed E-state index contributed by atoms with van der Waals surface area (Å²) in [6, 6.07) is 12.9. The van der Waals surface area contributed by atoms with E-state index in [2.05, 4.69) is 5.16 Å². The number of hydrogen-bond donors (Lipinski definition) is 0. The molecule has 3 heterocycles. The number of benzene rings is 1. The van der Waals surface area contributed by atoms with Crippen molar-refractivity contribution < 1.29 is 17.7 Å². The van der Waals surface area contributed by atoms with Crippen LogP contribution in [0.15, 0.2) is 52.4 Å². The van der Waals surface area contributed by atoms with Crippen molar-refractivity contribution in [3.05, 3.63) is 59.1 Å². The van der Waals surface area contributed by atoms with E-state index in [-0.39, 0.29) is 29.1 Å². The molecule has 1 aromatic carbocycles. The molecule has 1 fully saturated rings. The summed E-state index contributed by atoms with van der Waals surface area (Å²) in [5.41, 5.74) is 2.17. The summed E-state index contributed by atoms with van der Waals surface area (Å²) in [5, 5.41) is 5.89. The highest BCUT2D eigenvalue weighted by molar-refractivity contribution is 7.91. The second-order valence-corrected chi connectivity index (χ2v) is 10.8. The van der Waals surface area contributed by atoms with Crippen LogP contribution in [0.1, 0.15) is 22.5 Å². The molecule has 0 bridgehead atoms. The largest absolute Gasteiger partial charge is 0.378 e. The van der Waals surface area contributed by atoms with Crippen LogP contribution >= 0.6 is 11.3 Å². The minimum atomic E-state index is -3.14. The lowest BCUT2D eigenvalue weighted by molar-refractivity contribution is 0.0670. The van der Waals surface area contributed by atoms with E-state index >= 15 is 0 Å². The van der Waals surface area contributed by atoms with E-state index in [0.29, 0.717) is 18.7 Å². The zero-order chi connectivity index (χ0) is 21.3. The normalized spacial score (nSPS) is 17.7. The van der Waals surface area contributed by atoms with Crippen molar-refractivity contribution in [2.75, 3.05) is 30.5 Å². The number of nitrogens with zero attached hydrogens (tertiary/aromatic N) is 3. The van der Waals surface area contributed by atoms with Gasteiger partial charge in [-0.1, -0.05) is 23.4 Å². The van der Waals surface area contributed by atoms with Gasteiger partial charge in [0.1, 0.15) is 0 Å². The summed E-state index contributed by atoms with van der Waals surface area (Å²) >= 11 is 1.50. The van der Waals surface area contributed by atoms with E-state index in [0.717, 1.165) is 16.1 Å². The SMILES string of the molecule is CN(C)c1ccc(CN(C(=O)c2cc(-c3cccs3)on2)C2CCS(=O)(=O)C2)cc1. The Hall–Kier alpha value is -2.65. The maximum Gasteiger partial charge on any atom is 0.276 e. The van der Waals surface area contributed by atoms with Gasteiger partial charge in [0.2, 0.25) is 0 Å². The molecule has 1 atom stereocenters. The summed E-state index contributed by atoms with van der Waals surface area (Å²) in [6.07, 6.45) is 0.430. The first-order valence-electron chi connectivity index (χ1n) is 9.61. The number of thiophene rings is 1. The van der Waals surface area contributed by atoms with Crippen molar-refractivity contribution in [1.29, 1.82) is 0 Å². The van der Waals surface area contributed by atoms with Crippen molar-refractivity contribution in [3.8, 4) is 10.6 Å². The zero-order valence-electron chi connectivity index (χ0n) is 16.8. The molecule has 0 saturated carbocycles. The predicted octanol–water partition coefficient (Wildman–Crippen LogP) is 3.30. The number of carbonyl (C=O) groups excluding carboxylic acids is 1. The number of carbonyl (C=O) groups is 1. The number of hydrogen-bond acceptors (Lipinski definition) is 7. The third-order valence-corrected chi connectivity index (χ3v) is 7.84. The van der Waals surface area contributed by atoms with E-state index in [1.54, 1.807) is 11.0 Å². The first-order valence-corrected chi connectivity index (χ1v) is 12.3. The molecular weight excluding hydrogens is 422 g/mol. The molecule has 0 N–H and O–H groups in total. The lowest BCUT2D eigenvalue weighted by atomic mass is 10.1. The van der Waals surface area contributed by atoms with Gasteiger partial charge in [-0.15, -0.1) is 11.3 Å². The molecule has 7 nitrogen and oxygen atoms in total. The fourth-order valence-electron chi connectivity index (χ4n) is 3.54. The molecule has 0 radical (unpaired) electrons. The van der Waals surface area contributed by atoms with Gasteiger partial charge in [-0.3, -0.25) is 4.79 Å². The molecule has 1 amide bonds. The Labute approximate surface area is 179 Å². The Morgan fingerprint density at radius 1 is 1.23 bits per heavy atom. The minimum absolute atomic E-state index is 0.0237. The molecule has 3 aromatic rings. The van der Waals surface area contributed by atoms with Crippen molar-refractivity contribution in [3.63, 3.8) is 0 Å². The molecule has 4 rings (SSSR count). The molecule has 0 spiro atoms. The maximum atomic E-state index is 13.3. The van der Waals surface area contributed by atoms with Crippen molar-refractivity contribution in [2.45, 2.75) is 19.0 Å². The van der Waals surface area contributed by atoms with E-state index in [4.69, 9.17) is 4.52 Å². The van der Waals surface area contributed by atoms with Crippen LogP contribution in [0, 0.1) is 0 Å². The molecule has 158 valence electrons. The lowest BCUT2D eigenvalue weighted by Crippen LogP contribution is -2.40. The van der Waals surface area contributed by atoms with Gasteiger partial charge >= 0.3 is 0 Å². The highest BCUT2D eigenvalue weighted by atomic mass is 32.2. The summed E-state index contributed by atoms with van der Waals surface area (Å²) in [5.74, 6) is 0.285. The monoisotopic (exact) mass is 445 g/mol. The van der Waals surface area contributed by atoms with Gasteiger partial charge in [0.05, 0.1) is 16.4 Å². The number of anilines is 1. The Balaban J connectivity index is 1.60. The third kappa shape index (κ3) is 4.41. The zero-order valence-corrected chi connectivity index (χ0v) is 18.4. The Kier molecular flexibility index (Phi) is 5.66. The highest BCUT2D eigenvalue weighted by Gasteiger charge is 2.36. The average molecular weight is 446 g/mol. The van der Waals surface area contributed by atoms with Crippen LogP contribution in [0.5, 0.6) is 0 Å². The maximum absolute atomic E-state index is 13.3. The van der Waals surface area contributed by atoms with Crippen LogP contribution in [-0.4, -0.2) is 56.0 Å². The second-order valence-electron chi connectivity index (χ2n) is 7.60. The quantitative estimate of drug-likeness (QED) is 0.579. The van der Waals surface area contributed by atoms with Crippen LogP contribution < -0.4 is 4.90 Å². The Bertz CT molecular complexity index is 1120. The van der Waals surface area contributed by atoms with Gasteiger partial charge in [-0.2, -0.15) is 0 Å². The first kappa shape index (κ1) is 20.6. The number of aromatic nitrogens is 1. The van der Waals surface area contributed by atoms with Crippen LogP contribution in [0.25, 0.3) is 10.6 Å². The Morgan fingerprint density at radius 2 is 2.00 bits per heavy atom. The van der Waals surface area contributed by atoms with E-state index in [9.17, 15) is 13.2 Å². The standard InChI is InChI=1S/C21H23N3O4S2/c1-23(2)16-7-5-15(6-8-16)13-24(17-9-11-30(26,27)14-17)21(25)18-12-19(28-22-18)20-4-3-10-29-20/h3-8,10,12,17H,9,11,13-14H2,1-2H3. The van der Waals surface area contributed by atoms with E-state index < -0.39 is 9.84 Å². The smallest absolute Gasteiger partial charge is 0.276 e. The number of sulfone groups is 1. The van der Waals surface area contributed by atoms with Gasteiger partial charge in [0, 0.05) is 38.4 Å². The minimum Gasteiger partial charge on any atom is -0.378 e. The summed E-state index contributed by atoms with van der Waals surface area (Å²) in [4.78, 5) is 17.8. The number of amides is 1. The van der Waals surface area contributed by atoms with Gasteiger partial charge in [-0.25, -0.2) is 8.42 Å². The molecule has 30 heavy (non-hydrogen) atoms. The molecule has 9 heteroatoms. The molecule has 1 aliphatic rings. The van der Waals surface area contributed by atoms with Gasteiger partial charge in [0.15, 0.2) is 21.3 Å². The summed E-state index contributed by atoms with van der Waals surface area (Å²) < 4.78 is 29.5. The summed E-state index contributed by atoms with van der Waals surface area (Å²) in [6.45, 7) is 0.313. The number of rotatable bonds is 6. The fourth-order valence-corrected chi connectivity index (χ4v) is 5.95. The van der Waals surface area contributed by atoms with Crippen molar-refractivity contribution in [2.24, 2.45) is 0 Å². The fraction of sp³-hybridized carbons (Fsp3) is 0.333. The van der Waals surface area contributed by atoms with Gasteiger partial charge in [0.25, 0.3) is 5.91 Å². The van der Waals surface area contributed by atoms with E-state index in [1.807, 2.05) is 60.8 Å². The van der Waals surface area contributed by atoms with Crippen molar-refractivity contribution >= 4 is 32.8 Å². The molecule has 2 aromatic heterocycles. The molecule has 1 unspecified atom stereocenters. The van der Waals surface area contributed by atoms with Crippen LogP contribution in [0.4, 0.5) is 5.69 Å². The van der Waals surface area contributed by atoms with E-state index in [1.165, 1.54) is 11.3 Å². The van der Waals surface area contributed by atoms with Crippen LogP contribution in [0.3, 0.4) is 0 Å². The lowest BCUT2D eigenvalue weighted by Gasteiger charge is -2.27. The third-order valence-electron chi connectivity index (χ3n) is 5.21. The predicted molar refractivity (Wildman–Crippen MR) is 118 cm³/mol. The van der Waals surface area contributed by atoms with Crippen molar-refractivity contribution in [1.82, 2.24) is 10.1 Å². The highest BCUT2D eigenvalue weighted by Crippen LogP contribution is 2.27. The average Bonchev–Trinajstić information content (AvgIpc) is 3.46.